The van der Waals surface area contributed by atoms with Crippen LogP contribution in [0.15, 0.2) is 22.8 Å². The van der Waals surface area contributed by atoms with Crippen LogP contribution in [-0.4, -0.2) is 33.8 Å². The van der Waals surface area contributed by atoms with Crippen LogP contribution in [0.4, 0.5) is 0 Å². The van der Waals surface area contributed by atoms with Crippen molar-refractivity contribution >= 4 is 41.3 Å². The minimum atomic E-state index is 0. The number of thiazole rings is 1. The Balaban J connectivity index is 0.00000242. The Morgan fingerprint density at radius 1 is 1.41 bits per heavy atom. The molecule has 6 nitrogen and oxygen atoms in total. The summed E-state index contributed by atoms with van der Waals surface area (Å²) in [7, 11) is 1.91. The Bertz CT molecular complexity index is 592. The average molecular weight is 434 g/mol. The molecule has 0 saturated heterocycles. The molecule has 2 N–H and O–H groups in total. The van der Waals surface area contributed by atoms with Crippen LogP contribution in [0.3, 0.4) is 0 Å². The van der Waals surface area contributed by atoms with Crippen LogP contribution in [0, 0.1) is 6.92 Å². The molecule has 2 heterocycles. The number of nitrogens with zero attached hydrogens (tertiary/aromatic N) is 4. The van der Waals surface area contributed by atoms with E-state index in [1.54, 1.807) is 16.0 Å². The van der Waals surface area contributed by atoms with Gasteiger partial charge in [-0.05, 0) is 13.8 Å². The number of guanidine groups is 1. The van der Waals surface area contributed by atoms with E-state index in [9.17, 15) is 0 Å². The molecule has 0 saturated carbocycles. The Morgan fingerprint density at radius 3 is 2.82 bits per heavy atom. The highest BCUT2D eigenvalue weighted by molar-refractivity contribution is 14.0. The van der Waals surface area contributed by atoms with E-state index >= 15 is 0 Å². The summed E-state index contributed by atoms with van der Waals surface area (Å²) >= 11 is 1.69. The lowest BCUT2D eigenvalue weighted by Crippen LogP contribution is -2.38. The smallest absolute Gasteiger partial charge is 0.191 e. The summed E-state index contributed by atoms with van der Waals surface area (Å²) in [5, 5.41) is 13.9. The largest absolute Gasteiger partial charge is 0.357 e. The second-order valence-corrected chi connectivity index (χ2v) is 5.81. The zero-order chi connectivity index (χ0) is 15.1. The lowest BCUT2D eigenvalue weighted by atomic mass is 10.3. The van der Waals surface area contributed by atoms with Crippen LogP contribution in [0.5, 0.6) is 0 Å². The van der Waals surface area contributed by atoms with Crippen molar-refractivity contribution in [3.05, 3.63) is 34.0 Å². The number of hydrogen-bond acceptors (Lipinski definition) is 4. The number of hydrogen-bond donors (Lipinski definition) is 2. The fourth-order valence-electron chi connectivity index (χ4n) is 1.90. The standard InChI is InChI=1S/C14H22N6S.HI/c1-4-15-14(17-7-12-8-18-20(3)9-12)16-6-5-13-10-21-11(2)19-13;/h8-10H,4-7H2,1-3H3,(H2,15,16,17);1H. The van der Waals surface area contributed by atoms with Gasteiger partial charge in [-0.15, -0.1) is 35.3 Å². The van der Waals surface area contributed by atoms with Crippen molar-refractivity contribution in [2.75, 3.05) is 13.1 Å². The Labute approximate surface area is 152 Å². The minimum Gasteiger partial charge on any atom is -0.357 e. The predicted octanol–water partition coefficient (Wildman–Crippen LogP) is 2.10. The van der Waals surface area contributed by atoms with Crippen molar-refractivity contribution in [1.82, 2.24) is 25.4 Å². The van der Waals surface area contributed by atoms with E-state index in [0.29, 0.717) is 6.54 Å². The van der Waals surface area contributed by atoms with Gasteiger partial charge < -0.3 is 10.6 Å². The Kier molecular flexibility index (Phi) is 8.39. The van der Waals surface area contributed by atoms with Gasteiger partial charge in [0.15, 0.2) is 5.96 Å². The molecule has 0 aliphatic heterocycles. The Hall–Kier alpha value is -1.16. The molecule has 0 aliphatic carbocycles. The predicted molar refractivity (Wildman–Crippen MR) is 102 cm³/mol. The first-order valence-corrected chi connectivity index (χ1v) is 7.96. The van der Waals surface area contributed by atoms with E-state index in [1.165, 1.54) is 0 Å². The number of aryl methyl sites for hydroxylation is 2. The van der Waals surface area contributed by atoms with E-state index in [2.05, 4.69) is 38.0 Å². The SMILES string of the molecule is CCNC(=NCc1cnn(C)c1)NCCc1csc(C)n1.I. The summed E-state index contributed by atoms with van der Waals surface area (Å²) in [4.78, 5) is 9.01. The van der Waals surface area contributed by atoms with Gasteiger partial charge in [0.05, 0.1) is 23.4 Å². The van der Waals surface area contributed by atoms with E-state index in [-0.39, 0.29) is 24.0 Å². The molecule has 0 amide bonds. The first-order chi connectivity index (χ1) is 10.2. The summed E-state index contributed by atoms with van der Waals surface area (Å²) in [5.74, 6) is 0.827. The van der Waals surface area contributed by atoms with Crippen LogP contribution < -0.4 is 10.6 Å². The van der Waals surface area contributed by atoms with E-state index in [1.807, 2.05) is 26.4 Å². The van der Waals surface area contributed by atoms with Gasteiger partial charge in [-0.25, -0.2) is 9.98 Å². The topological polar surface area (TPSA) is 67.1 Å². The fraction of sp³-hybridized carbons (Fsp3) is 0.500. The van der Waals surface area contributed by atoms with Crippen molar-refractivity contribution in [2.45, 2.75) is 26.8 Å². The zero-order valence-corrected chi connectivity index (χ0v) is 16.3. The van der Waals surface area contributed by atoms with Gasteiger partial charge in [0.2, 0.25) is 0 Å². The van der Waals surface area contributed by atoms with Crippen molar-refractivity contribution in [3.8, 4) is 0 Å². The molecule has 2 aromatic rings. The molecule has 0 fully saturated rings. The molecule has 0 bridgehead atoms. The molecule has 0 aromatic carbocycles. The van der Waals surface area contributed by atoms with Crippen molar-refractivity contribution in [3.63, 3.8) is 0 Å². The quantitative estimate of drug-likeness (QED) is 0.415. The maximum atomic E-state index is 4.56. The highest BCUT2D eigenvalue weighted by atomic mass is 127. The van der Waals surface area contributed by atoms with E-state index in [0.717, 1.165) is 41.7 Å². The fourth-order valence-corrected chi connectivity index (χ4v) is 2.54. The summed E-state index contributed by atoms with van der Waals surface area (Å²) in [6, 6.07) is 0. The summed E-state index contributed by atoms with van der Waals surface area (Å²) in [6.45, 7) is 6.38. The monoisotopic (exact) mass is 434 g/mol. The third-order valence-corrected chi connectivity index (χ3v) is 3.68. The molecule has 2 aromatic heterocycles. The molecule has 122 valence electrons. The normalized spacial score (nSPS) is 11.1. The minimum absolute atomic E-state index is 0. The lowest BCUT2D eigenvalue weighted by Gasteiger charge is -2.10. The third-order valence-electron chi connectivity index (χ3n) is 2.86. The van der Waals surface area contributed by atoms with Crippen molar-refractivity contribution in [2.24, 2.45) is 12.0 Å². The number of aromatic nitrogens is 3. The number of rotatable bonds is 6. The first-order valence-electron chi connectivity index (χ1n) is 7.08. The van der Waals surface area contributed by atoms with Crippen LogP contribution in [0.1, 0.15) is 23.2 Å². The van der Waals surface area contributed by atoms with Gasteiger partial charge in [0, 0.05) is 43.7 Å². The molecule has 22 heavy (non-hydrogen) atoms. The zero-order valence-electron chi connectivity index (χ0n) is 13.2. The second-order valence-electron chi connectivity index (χ2n) is 4.75. The average Bonchev–Trinajstić information content (AvgIpc) is 3.05. The number of aliphatic imine (C=N–C) groups is 1. The summed E-state index contributed by atoms with van der Waals surface area (Å²) in [5.41, 5.74) is 2.23. The number of halogens is 1. The molecule has 0 atom stereocenters. The summed E-state index contributed by atoms with van der Waals surface area (Å²) < 4.78 is 1.79. The molecule has 2 rings (SSSR count). The van der Waals surface area contributed by atoms with Crippen molar-refractivity contribution in [1.29, 1.82) is 0 Å². The molecule has 8 heteroatoms. The molecule has 0 aliphatic rings. The summed E-state index contributed by atoms with van der Waals surface area (Å²) in [6.07, 6.45) is 4.72. The van der Waals surface area contributed by atoms with Gasteiger partial charge in [-0.2, -0.15) is 5.10 Å². The van der Waals surface area contributed by atoms with Crippen LogP contribution >= 0.6 is 35.3 Å². The molecular weight excluding hydrogens is 411 g/mol. The highest BCUT2D eigenvalue weighted by Crippen LogP contribution is 2.07. The third kappa shape index (κ3) is 6.30. The lowest BCUT2D eigenvalue weighted by molar-refractivity contribution is 0.766. The maximum absolute atomic E-state index is 4.56. The van der Waals surface area contributed by atoms with Gasteiger partial charge >= 0.3 is 0 Å². The number of nitrogens with one attached hydrogen (secondary N) is 2. The highest BCUT2D eigenvalue weighted by Gasteiger charge is 2.01. The van der Waals surface area contributed by atoms with Crippen molar-refractivity contribution < 1.29 is 0 Å². The second kappa shape index (κ2) is 9.78. The van der Waals surface area contributed by atoms with E-state index in [4.69, 9.17) is 0 Å². The van der Waals surface area contributed by atoms with Gasteiger partial charge in [0.25, 0.3) is 0 Å². The molecular formula is C14H23IN6S. The molecule has 0 spiro atoms. The maximum Gasteiger partial charge on any atom is 0.191 e. The van der Waals surface area contributed by atoms with Crippen LogP contribution in [-0.2, 0) is 20.0 Å². The van der Waals surface area contributed by atoms with Crippen LogP contribution in [0.2, 0.25) is 0 Å². The van der Waals surface area contributed by atoms with Gasteiger partial charge in [-0.3, -0.25) is 4.68 Å². The van der Waals surface area contributed by atoms with Crippen LogP contribution in [0.25, 0.3) is 0 Å². The molecule has 0 unspecified atom stereocenters. The van der Waals surface area contributed by atoms with Gasteiger partial charge in [-0.1, -0.05) is 0 Å². The Morgan fingerprint density at radius 2 is 2.23 bits per heavy atom. The van der Waals surface area contributed by atoms with Gasteiger partial charge in [0.1, 0.15) is 0 Å². The first kappa shape index (κ1) is 18.9. The molecule has 0 radical (unpaired) electrons. The van der Waals surface area contributed by atoms with E-state index < -0.39 is 0 Å².